The summed E-state index contributed by atoms with van der Waals surface area (Å²) in [5.74, 6) is 0.752. The molecule has 0 aromatic carbocycles. The summed E-state index contributed by atoms with van der Waals surface area (Å²) in [6.07, 6.45) is 9.35. The molecule has 0 radical (unpaired) electrons. The van der Waals surface area contributed by atoms with Crippen LogP contribution in [0.5, 0.6) is 0 Å². The molecule has 0 saturated carbocycles. The van der Waals surface area contributed by atoms with Crippen LogP contribution in [0.1, 0.15) is 25.0 Å². The Bertz CT molecular complexity index is 448. The highest BCUT2D eigenvalue weighted by Crippen LogP contribution is 2.17. The van der Waals surface area contributed by atoms with E-state index in [0.29, 0.717) is 0 Å². The maximum absolute atomic E-state index is 4.67. The van der Waals surface area contributed by atoms with Gasteiger partial charge in [-0.3, -0.25) is 0 Å². The third kappa shape index (κ3) is 2.50. The van der Waals surface area contributed by atoms with Gasteiger partial charge in [0, 0.05) is 12.4 Å². The molecule has 90 valence electrons. The molecule has 3 nitrogen and oxygen atoms in total. The number of nitrogens with zero attached hydrogens (tertiary/aromatic N) is 2. The Hall–Kier alpha value is -1.35. The molecule has 1 N–H and O–H groups in total. The van der Waals surface area contributed by atoms with Gasteiger partial charge in [0.15, 0.2) is 0 Å². The number of aromatic nitrogens is 2. The van der Waals surface area contributed by atoms with Crippen molar-refractivity contribution in [3.05, 3.63) is 36.3 Å². The summed E-state index contributed by atoms with van der Waals surface area (Å²) in [6.45, 7) is 2.33. The lowest BCUT2D eigenvalue weighted by atomic mass is 9.98. The number of hydrogen-bond acceptors (Lipinski definition) is 2. The summed E-state index contributed by atoms with van der Waals surface area (Å²) in [5.41, 5.74) is 2.29. The Morgan fingerprint density at radius 1 is 1.35 bits per heavy atom. The zero-order valence-electron chi connectivity index (χ0n) is 10.1. The molecule has 1 fully saturated rings. The number of pyridine rings is 1. The molecule has 1 saturated heterocycles. The Labute approximate surface area is 102 Å². The molecular weight excluding hydrogens is 210 g/mol. The van der Waals surface area contributed by atoms with Gasteiger partial charge in [-0.15, -0.1) is 0 Å². The number of rotatable bonds is 2. The molecule has 1 aliphatic rings. The van der Waals surface area contributed by atoms with Gasteiger partial charge in [-0.2, -0.15) is 0 Å². The van der Waals surface area contributed by atoms with Crippen LogP contribution in [0.15, 0.2) is 30.6 Å². The highest BCUT2D eigenvalue weighted by atomic mass is 15.0. The topological polar surface area (TPSA) is 29.3 Å². The molecule has 1 aliphatic heterocycles. The first-order chi connectivity index (χ1) is 8.42. The first kappa shape index (κ1) is 10.8. The van der Waals surface area contributed by atoms with Crippen molar-refractivity contribution in [1.29, 1.82) is 0 Å². The summed E-state index contributed by atoms with van der Waals surface area (Å²) >= 11 is 0. The van der Waals surface area contributed by atoms with E-state index < -0.39 is 0 Å². The number of fused-ring (bicyclic) bond motifs is 1. The monoisotopic (exact) mass is 229 g/mol. The Morgan fingerprint density at radius 3 is 3.29 bits per heavy atom. The van der Waals surface area contributed by atoms with Gasteiger partial charge in [0.1, 0.15) is 5.65 Å². The van der Waals surface area contributed by atoms with Crippen molar-refractivity contribution in [2.45, 2.75) is 25.7 Å². The van der Waals surface area contributed by atoms with Crippen LogP contribution < -0.4 is 5.32 Å². The van der Waals surface area contributed by atoms with Crippen LogP contribution in [0.4, 0.5) is 0 Å². The van der Waals surface area contributed by atoms with E-state index in [1.54, 1.807) is 0 Å². The van der Waals surface area contributed by atoms with Crippen LogP contribution in [0.2, 0.25) is 0 Å². The molecule has 3 heteroatoms. The fourth-order valence-corrected chi connectivity index (χ4v) is 2.65. The molecule has 1 atom stereocenters. The third-order valence-corrected chi connectivity index (χ3v) is 3.56. The number of nitrogens with one attached hydrogen (secondary N) is 1. The normalized spacial score (nSPS) is 21.5. The van der Waals surface area contributed by atoms with Crippen molar-refractivity contribution in [3.8, 4) is 0 Å². The van der Waals surface area contributed by atoms with Gasteiger partial charge in [0.2, 0.25) is 0 Å². The summed E-state index contributed by atoms with van der Waals surface area (Å²) in [4.78, 5) is 4.67. The average molecular weight is 229 g/mol. The Morgan fingerprint density at radius 2 is 2.35 bits per heavy atom. The van der Waals surface area contributed by atoms with E-state index in [1.807, 2.05) is 12.1 Å². The highest BCUT2D eigenvalue weighted by molar-refractivity contribution is 5.39. The van der Waals surface area contributed by atoms with E-state index in [2.05, 4.69) is 33.2 Å². The largest absolute Gasteiger partial charge is 0.316 e. The van der Waals surface area contributed by atoms with E-state index in [4.69, 9.17) is 0 Å². The molecule has 0 bridgehead atoms. The van der Waals surface area contributed by atoms with Crippen LogP contribution in [0.3, 0.4) is 0 Å². The maximum atomic E-state index is 4.67. The van der Waals surface area contributed by atoms with Crippen LogP contribution in [0.25, 0.3) is 5.65 Å². The lowest BCUT2D eigenvalue weighted by Gasteiger charge is -2.11. The molecule has 0 amide bonds. The maximum Gasteiger partial charge on any atom is 0.136 e. The first-order valence-electron chi connectivity index (χ1n) is 6.55. The second kappa shape index (κ2) is 4.88. The van der Waals surface area contributed by atoms with Crippen molar-refractivity contribution < 1.29 is 0 Å². The van der Waals surface area contributed by atoms with E-state index in [0.717, 1.165) is 24.5 Å². The SMILES string of the molecule is c1ccn2cc(CC3CCCCNC3)nc2c1. The van der Waals surface area contributed by atoms with Crippen LogP contribution in [0, 0.1) is 5.92 Å². The minimum atomic E-state index is 0.752. The van der Waals surface area contributed by atoms with Crippen LogP contribution in [-0.4, -0.2) is 22.5 Å². The Kier molecular flexibility index (Phi) is 3.10. The molecule has 0 spiro atoms. The average Bonchev–Trinajstić information content (AvgIpc) is 2.57. The van der Waals surface area contributed by atoms with Crippen molar-refractivity contribution >= 4 is 5.65 Å². The zero-order chi connectivity index (χ0) is 11.5. The molecule has 17 heavy (non-hydrogen) atoms. The van der Waals surface area contributed by atoms with Gasteiger partial charge in [0.05, 0.1) is 5.69 Å². The lowest BCUT2D eigenvalue weighted by molar-refractivity contribution is 0.473. The zero-order valence-corrected chi connectivity index (χ0v) is 10.1. The molecule has 3 rings (SSSR count). The Balaban J connectivity index is 1.75. The standard InChI is InChI=1S/C14H19N3/c1-3-7-15-10-12(5-1)9-13-11-17-8-4-2-6-14(17)16-13/h2,4,6,8,11-12,15H,1,3,5,7,9-10H2. The van der Waals surface area contributed by atoms with Crippen LogP contribution in [-0.2, 0) is 6.42 Å². The summed E-state index contributed by atoms with van der Waals surface area (Å²) < 4.78 is 2.11. The molecule has 3 heterocycles. The smallest absolute Gasteiger partial charge is 0.136 e. The lowest BCUT2D eigenvalue weighted by Crippen LogP contribution is -2.22. The molecule has 2 aromatic heterocycles. The van der Waals surface area contributed by atoms with Crippen molar-refractivity contribution in [3.63, 3.8) is 0 Å². The summed E-state index contributed by atoms with van der Waals surface area (Å²) in [7, 11) is 0. The van der Waals surface area contributed by atoms with Crippen molar-refractivity contribution in [2.75, 3.05) is 13.1 Å². The van der Waals surface area contributed by atoms with Gasteiger partial charge >= 0.3 is 0 Å². The van der Waals surface area contributed by atoms with Gasteiger partial charge < -0.3 is 9.72 Å². The summed E-state index contributed by atoms with van der Waals surface area (Å²) in [6, 6.07) is 6.15. The van der Waals surface area contributed by atoms with E-state index in [-0.39, 0.29) is 0 Å². The van der Waals surface area contributed by atoms with Crippen LogP contribution >= 0.6 is 0 Å². The van der Waals surface area contributed by atoms with E-state index in [1.165, 1.54) is 31.5 Å². The number of imidazole rings is 1. The molecule has 2 aromatic rings. The predicted molar refractivity (Wildman–Crippen MR) is 69.1 cm³/mol. The van der Waals surface area contributed by atoms with E-state index in [9.17, 15) is 0 Å². The molecule has 0 aliphatic carbocycles. The third-order valence-electron chi connectivity index (χ3n) is 3.56. The van der Waals surface area contributed by atoms with Gasteiger partial charge in [-0.05, 0) is 50.4 Å². The summed E-state index contributed by atoms with van der Waals surface area (Å²) in [5, 5.41) is 3.52. The minimum Gasteiger partial charge on any atom is -0.316 e. The minimum absolute atomic E-state index is 0.752. The van der Waals surface area contributed by atoms with Gasteiger partial charge in [0.25, 0.3) is 0 Å². The van der Waals surface area contributed by atoms with E-state index >= 15 is 0 Å². The fourth-order valence-electron chi connectivity index (χ4n) is 2.65. The number of hydrogen-bond donors (Lipinski definition) is 1. The van der Waals surface area contributed by atoms with Crippen molar-refractivity contribution in [2.24, 2.45) is 5.92 Å². The second-order valence-corrected chi connectivity index (χ2v) is 4.97. The second-order valence-electron chi connectivity index (χ2n) is 4.97. The van der Waals surface area contributed by atoms with Crippen molar-refractivity contribution in [1.82, 2.24) is 14.7 Å². The highest BCUT2D eigenvalue weighted by Gasteiger charge is 2.14. The fraction of sp³-hybridized carbons (Fsp3) is 0.500. The predicted octanol–water partition coefficient (Wildman–Crippen LogP) is 2.27. The molecular formula is C14H19N3. The molecule has 1 unspecified atom stereocenters. The quantitative estimate of drug-likeness (QED) is 0.856. The first-order valence-corrected chi connectivity index (χ1v) is 6.55. The van der Waals surface area contributed by atoms with Gasteiger partial charge in [-0.1, -0.05) is 12.5 Å². The van der Waals surface area contributed by atoms with Gasteiger partial charge in [-0.25, -0.2) is 4.98 Å².